The molecule has 0 saturated heterocycles. The van der Waals surface area contributed by atoms with E-state index in [-0.39, 0.29) is 0 Å². The highest BCUT2D eigenvalue weighted by molar-refractivity contribution is 4.88. The number of nitrogens with one attached hydrogen (secondary N) is 1. The first-order chi connectivity index (χ1) is 7.74. The molecule has 0 radical (unpaired) electrons. The molecule has 2 fully saturated rings. The first-order valence-electron chi connectivity index (χ1n) is 7.20. The van der Waals surface area contributed by atoms with Crippen molar-refractivity contribution >= 4 is 0 Å². The van der Waals surface area contributed by atoms with Gasteiger partial charge in [0.05, 0.1) is 0 Å². The number of hydrogen-bond acceptors (Lipinski definition) is 2. The van der Waals surface area contributed by atoms with Gasteiger partial charge in [0.1, 0.15) is 0 Å². The quantitative estimate of drug-likeness (QED) is 0.753. The molecule has 0 aromatic rings. The molecule has 0 atom stereocenters. The van der Waals surface area contributed by atoms with Gasteiger partial charge in [0, 0.05) is 12.6 Å². The van der Waals surface area contributed by atoms with Crippen LogP contribution in [0.3, 0.4) is 0 Å². The Hall–Kier alpha value is -0.0800. The highest BCUT2D eigenvalue weighted by Gasteiger charge is 2.34. The summed E-state index contributed by atoms with van der Waals surface area (Å²) in [5.41, 5.74) is 6.60. The molecule has 0 unspecified atom stereocenters. The van der Waals surface area contributed by atoms with E-state index in [9.17, 15) is 0 Å². The molecule has 94 valence electrons. The fourth-order valence-corrected chi connectivity index (χ4v) is 3.27. The van der Waals surface area contributed by atoms with E-state index in [1.807, 2.05) is 0 Å². The first-order valence-corrected chi connectivity index (χ1v) is 7.20. The van der Waals surface area contributed by atoms with Gasteiger partial charge in [0.2, 0.25) is 0 Å². The van der Waals surface area contributed by atoms with Crippen LogP contribution in [0.5, 0.6) is 0 Å². The Morgan fingerprint density at radius 2 is 1.88 bits per heavy atom. The standard InChI is InChI=1S/C14H28N2/c1-2-14(8-3-9-14)11-16-10-12-4-6-13(15)7-5-12/h12-13,16H,2-11,15H2,1H3. The lowest BCUT2D eigenvalue weighted by atomic mass is 9.67. The van der Waals surface area contributed by atoms with Crippen LogP contribution < -0.4 is 11.1 Å². The Morgan fingerprint density at radius 1 is 1.19 bits per heavy atom. The van der Waals surface area contributed by atoms with E-state index in [0.717, 1.165) is 5.92 Å². The molecule has 16 heavy (non-hydrogen) atoms. The van der Waals surface area contributed by atoms with Gasteiger partial charge in [-0.05, 0) is 62.8 Å². The fraction of sp³-hybridized carbons (Fsp3) is 1.00. The minimum absolute atomic E-state index is 0.491. The molecular weight excluding hydrogens is 196 g/mol. The minimum atomic E-state index is 0.491. The lowest BCUT2D eigenvalue weighted by Gasteiger charge is -2.42. The predicted octanol–water partition coefficient (Wildman–Crippen LogP) is 2.67. The van der Waals surface area contributed by atoms with E-state index in [2.05, 4.69) is 12.2 Å². The lowest BCUT2D eigenvalue weighted by molar-refractivity contribution is 0.121. The zero-order valence-corrected chi connectivity index (χ0v) is 10.8. The monoisotopic (exact) mass is 224 g/mol. The van der Waals surface area contributed by atoms with Gasteiger partial charge in [0.25, 0.3) is 0 Å². The van der Waals surface area contributed by atoms with Gasteiger partial charge >= 0.3 is 0 Å². The molecule has 0 heterocycles. The third-order valence-corrected chi connectivity index (χ3v) is 4.99. The van der Waals surface area contributed by atoms with E-state index in [4.69, 9.17) is 5.73 Å². The number of nitrogens with two attached hydrogens (primary N) is 1. The van der Waals surface area contributed by atoms with Crippen LogP contribution in [0.1, 0.15) is 58.3 Å². The van der Waals surface area contributed by atoms with Gasteiger partial charge in [-0.3, -0.25) is 0 Å². The van der Waals surface area contributed by atoms with Crippen LogP contribution in [-0.2, 0) is 0 Å². The van der Waals surface area contributed by atoms with Crippen molar-refractivity contribution < 1.29 is 0 Å². The maximum Gasteiger partial charge on any atom is 0.00390 e. The van der Waals surface area contributed by atoms with Crippen molar-refractivity contribution in [3.8, 4) is 0 Å². The third kappa shape index (κ3) is 2.98. The number of hydrogen-bond donors (Lipinski definition) is 2. The van der Waals surface area contributed by atoms with Crippen LogP contribution in [0.4, 0.5) is 0 Å². The Labute approximate surface area is 100 Å². The summed E-state index contributed by atoms with van der Waals surface area (Å²) < 4.78 is 0. The normalized spacial score (nSPS) is 33.4. The smallest absolute Gasteiger partial charge is 0.00390 e. The average molecular weight is 224 g/mol. The summed E-state index contributed by atoms with van der Waals surface area (Å²) in [7, 11) is 0. The Kier molecular flexibility index (Phi) is 4.26. The van der Waals surface area contributed by atoms with Crippen LogP contribution >= 0.6 is 0 Å². The zero-order chi connectivity index (χ0) is 11.4. The Balaban J connectivity index is 1.61. The molecule has 2 aliphatic rings. The molecule has 2 heteroatoms. The first kappa shape index (κ1) is 12.4. The van der Waals surface area contributed by atoms with Crippen LogP contribution in [0, 0.1) is 11.3 Å². The SMILES string of the molecule is CCC1(CNCC2CCC(N)CC2)CCC1. The van der Waals surface area contributed by atoms with E-state index < -0.39 is 0 Å². The summed E-state index contributed by atoms with van der Waals surface area (Å²) in [4.78, 5) is 0. The predicted molar refractivity (Wildman–Crippen MR) is 69.4 cm³/mol. The van der Waals surface area contributed by atoms with Gasteiger partial charge in [-0.1, -0.05) is 13.3 Å². The molecule has 2 nitrogen and oxygen atoms in total. The zero-order valence-electron chi connectivity index (χ0n) is 10.8. The molecule has 0 amide bonds. The molecular formula is C14H28N2. The second-order valence-corrected chi connectivity index (χ2v) is 6.12. The molecule has 2 saturated carbocycles. The minimum Gasteiger partial charge on any atom is -0.328 e. The molecule has 3 N–H and O–H groups in total. The molecule has 0 aromatic heterocycles. The van der Waals surface area contributed by atoms with Gasteiger partial charge in [0.15, 0.2) is 0 Å². The average Bonchev–Trinajstić information content (AvgIpc) is 2.25. The summed E-state index contributed by atoms with van der Waals surface area (Å²) in [6, 6.07) is 0.491. The highest BCUT2D eigenvalue weighted by Crippen LogP contribution is 2.43. The van der Waals surface area contributed by atoms with E-state index in [0.29, 0.717) is 11.5 Å². The van der Waals surface area contributed by atoms with Crippen molar-refractivity contribution in [2.24, 2.45) is 17.1 Å². The lowest BCUT2D eigenvalue weighted by Crippen LogP contribution is -2.41. The molecule has 2 rings (SSSR count). The van der Waals surface area contributed by atoms with Crippen LogP contribution in [0.2, 0.25) is 0 Å². The molecule has 0 bridgehead atoms. The fourth-order valence-electron chi connectivity index (χ4n) is 3.27. The summed E-state index contributed by atoms with van der Waals surface area (Å²) in [6.07, 6.45) is 10.9. The maximum absolute atomic E-state index is 5.93. The van der Waals surface area contributed by atoms with Gasteiger partial charge in [-0.15, -0.1) is 0 Å². The Bertz CT molecular complexity index is 197. The van der Waals surface area contributed by atoms with Crippen LogP contribution in [0.25, 0.3) is 0 Å². The van der Waals surface area contributed by atoms with Gasteiger partial charge in [-0.2, -0.15) is 0 Å². The van der Waals surface area contributed by atoms with Crippen molar-refractivity contribution in [3.63, 3.8) is 0 Å². The van der Waals surface area contributed by atoms with Crippen molar-refractivity contribution in [1.82, 2.24) is 5.32 Å². The summed E-state index contributed by atoms with van der Waals surface area (Å²) >= 11 is 0. The molecule has 0 aromatic carbocycles. The maximum atomic E-state index is 5.93. The summed E-state index contributed by atoms with van der Waals surface area (Å²) in [5, 5.41) is 3.72. The van der Waals surface area contributed by atoms with Crippen LogP contribution in [0.15, 0.2) is 0 Å². The van der Waals surface area contributed by atoms with E-state index in [1.165, 1.54) is 64.5 Å². The van der Waals surface area contributed by atoms with Crippen molar-refractivity contribution in [1.29, 1.82) is 0 Å². The summed E-state index contributed by atoms with van der Waals surface area (Å²) in [5.74, 6) is 0.897. The van der Waals surface area contributed by atoms with Gasteiger partial charge < -0.3 is 11.1 Å². The highest BCUT2D eigenvalue weighted by atomic mass is 14.9. The molecule has 2 aliphatic carbocycles. The van der Waals surface area contributed by atoms with Crippen molar-refractivity contribution in [2.45, 2.75) is 64.3 Å². The van der Waals surface area contributed by atoms with Crippen molar-refractivity contribution in [3.05, 3.63) is 0 Å². The van der Waals surface area contributed by atoms with Crippen molar-refractivity contribution in [2.75, 3.05) is 13.1 Å². The second-order valence-electron chi connectivity index (χ2n) is 6.12. The van der Waals surface area contributed by atoms with Gasteiger partial charge in [-0.25, -0.2) is 0 Å². The van der Waals surface area contributed by atoms with E-state index in [1.54, 1.807) is 0 Å². The topological polar surface area (TPSA) is 38.0 Å². The Morgan fingerprint density at radius 3 is 2.38 bits per heavy atom. The van der Waals surface area contributed by atoms with Crippen LogP contribution in [-0.4, -0.2) is 19.1 Å². The summed E-state index contributed by atoms with van der Waals surface area (Å²) in [6.45, 7) is 4.83. The number of rotatable bonds is 5. The second kappa shape index (κ2) is 5.50. The largest absolute Gasteiger partial charge is 0.328 e. The molecule has 0 aliphatic heterocycles. The van der Waals surface area contributed by atoms with E-state index >= 15 is 0 Å². The third-order valence-electron chi connectivity index (χ3n) is 4.99. The molecule has 0 spiro atoms.